The van der Waals surface area contributed by atoms with Crippen molar-refractivity contribution in [2.45, 2.75) is 46.1 Å². The average Bonchev–Trinajstić information content (AvgIpc) is 2.57. The van der Waals surface area contributed by atoms with Crippen LogP contribution in [-0.2, 0) is 6.54 Å². The fraction of sp³-hybridized carbons (Fsp3) is 0.579. The van der Waals surface area contributed by atoms with Crippen LogP contribution in [0.15, 0.2) is 29.3 Å². The molecule has 0 bridgehead atoms. The van der Waals surface area contributed by atoms with Gasteiger partial charge in [-0.3, -0.25) is 9.79 Å². The molecule has 0 heterocycles. The summed E-state index contributed by atoms with van der Waals surface area (Å²) in [7, 11) is 1.80. The van der Waals surface area contributed by atoms with Crippen LogP contribution in [0.3, 0.4) is 0 Å². The molecule has 1 amide bonds. The molecular formula is C19H31IN4O. The van der Waals surface area contributed by atoms with E-state index in [0.717, 1.165) is 18.1 Å². The van der Waals surface area contributed by atoms with Crippen molar-refractivity contribution in [1.29, 1.82) is 0 Å². The molecule has 140 valence electrons. The number of nitrogens with zero attached hydrogens (tertiary/aromatic N) is 1. The van der Waals surface area contributed by atoms with Crippen LogP contribution < -0.4 is 16.0 Å². The molecule has 1 saturated carbocycles. The fourth-order valence-corrected chi connectivity index (χ4v) is 3.05. The van der Waals surface area contributed by atoms with E-state index in [1.165, 1.54) is 25.7 Å². The van der Waals surface area contributed by atoms with Crippen molar-refractivity contribution in [3.8, 4) is 0 Å². The maximum Gasteiger partial charge on any atom is 0.251 e. The van der Waals surface area contributed by atoms with E-state index >= 15 is 0 Å². The van der Waals surface area contributed by atoms with Gasteiger partial charge in [0.1, 0.15) is 0 Å². The molecule has 2 rings (SSSR count). The van der Waals surface area contributed by atoms with E-state index in [-0.39, 0.29) is 29.9 Å². The van der Waals surface area contributed by atoms with E-state index < -0.39 is 0 Å². The zero-order valence-electron chi connectivity index (χ0n) is 15.5. The van der Waals surface area contributed by atoms with E-state index in [9.17, 15) is 4.79 Å². The summed E-state index contributed by atoms with van der Waals surface area (Å²) in [6, 6.07) is 7.67. The van der Waals surface area contributed by atoms with Gasteiger partial charge in [0.05, 0.1) is 0 Å². The normalized spacial score (nSPS) is 15.6. The molecule has 25 heavy (non-hydrogen) atoms. The number of aliphatic imine (C=N–C) groups is 1. The largest absolute Gasteiger partial charge is 0.356 e. The number of hydrogen-bond acceptors (Lipinski definition) is 2. The van der Waals surface area contributed by atoms with Gasteiger partial charge in [-0.25, -0.2) is 0 Å². The molecule has 5 nitrogen and oxygen atoms in total. The van der Waals surface area contributed by atoms with Crippen LogP contribution in [0.25, 0.3) is 0 Å². The lowest BCUT2D eigenvalue weighted by Gasteiger charge is -2.41. The lowest BCUT2D eigenvalue weighted by Crippen LogP contribution is -2.46. The van der Waals surface area contributed by atoms with E-state index in [1.54, 1.807) is 7.05 Å². The van der Waals surface area contributed by atoms with E-state index in [0.29, 0.717) is 24.1 Å². The van der Waals surface area contributed by atoms with Gasteiger partial charge in [0.15, 0.2) is 5.96 Å². The van der Waals surface area contributed by atoms with Gasteiger partial charge >= 0.3 is 0 Å². The zero-order valence-corrected chi connectivity index (χ0v) is 17.9. The molecule has 0 radical (unpaired) electrons. The van der Waals surface area contributed by atoms with Crippen molar-refractivity contribution < 1.29 is 4.79 Å². The van der Waals surface area contributed by atoms with Crippen LogP contribution in [0, 0.1) is 5.41 Å². The number of hydrogen-bond donors (Lipinski definition) is 3. The van der Waals surface area contributed by atoms with Gasteiger partial charge in [-0.1, -0.05) is 25.5 Å². The monoisotopic (exact) mass is 458 g/mol. The molecule has 1 aliphatic rings. The Morgan fingerprint density at radius 1 is 1.12 bits per heavy atom. The molecule has 1 aromatic carbocycles. The highest BCUT2D eigenvalue weighted by atomic mass is 127. The summed E-state index contributed by atoms with van der Waals surface area (Å²) >= 11 is 0. The molecule has 0 saturated heterocycles. The van der Waals surface area contributed by atoms with Gasteiger partial charge < -0.3 is 16.0 Å². The Labute approximate surface area is 168 Å². The van der Waals surface area contributed by atoms with Gasteiger partial charge in [-0.2, -0.15) is 0 Å². The second-order valence-electron chi connectivity index (χ2n) is 6.54. The average molecular weight is 458 g/mol. The first-order valence-corrected chi connectivity index (χ1v) is 8.94. The van der Waals surface area contributed by atoms with Gasteiger partial charge in [0, 0.05) is 32.2 Å². The number of halogens is 1. The first-order chi connectivity index (χ1) is 11.6. The SMILES string of the molecule is CCNC(=O)c1ccc(CNC(=NC)NCC2(CC)CCC2)cc1.I. The third-order valence-corrected chi connectivity index (χ3v) is 5.03. The summed E-state index contributed by atoms with van der Waals surface area (Å²) in [5.74, 6) is 0.808. The van der Waals surface area contributed by atoms with E-state index in [2.05, 4.69) is 27.9 Å². The quantitative estimate of drug-likeness (QED) is 0.334. The third kappa shape index (κ3) is 6.17. The molecule has 6 heteroatoms. The Morgan fingerprint density at radius 3 is 2.28 bits per heavy atom. The summed E-state index contributed by atoms with van der Waals surface area (Å²) in [6.45, 7) is 6.51. The molecule has 1 fully saturated rings. The number of carbonyl (C=O) groups is 1. The Bertz CT molecular complexity index is 562. The first kappa shape index (κ1) is 21.7. The number of amides is 1. The van der Waals surface area contributed by atoms with E-state index in [4.69, 9.17) is 0 Å². The number of nitrogens with one attached hydrogen (secondary N) is 3. The first-order valence-electron chi connectivity index (χ1n) is 8.94. The predicted molar refractivity (Wildman–Crippen MR) is 115 cm³/mol. The van der Waals surface area contributed by atoms with Crippen molar-refractivity contribution in [3.05, 3.63) is 35.4 Å². The number of carbonyl (C=O) groups excluding carboxylic acids is 1. The minimum absolute atomic E-state index is 0. The second kappa shape index (κ2) is 10.6. The van der Waals surface area contributed by atoms with Crippen LogP contribution in [0.1, 0.15) is 55.5 Å². The highest BCUT2D eigenvalue weighted by Crippen LogP contribution is 2.42. The maximum absolute atomic E-state index is 11.8. The smallest absolute Gasteiger partial charge is 0.251 e. The predicted octanol–water partition coefficient (Wildman–Crippen LogP) is 3.30. The second-order valence-corrected chi connectivity index (χ2v) is 6.54. The van der Waals surface area contributed by atoms with Gasteiger partial charge in [-0.05, 0) is 49.3 Å². The lowest BCUT2D eigenvalue weighted by atomic mass is 9.67. The molecule has 3 N–H and O–H groups in total. The molecule has 1 aliphatic carbocycles. The molecular weight excluding hydrogens is 427 g/mol. The summed E-state index contributed by atoms with van der Waals surface area (Å²) in [5.41, 5.74) is 2.28. The highest BCUT2D eigenvalue weighted by Gasteiger charge is 2.34. The van der Waals surface area contributed by atoms with Crippen molar-refractivity contribution in [2.24, 2.45) is 10.4 Å². The molecule has 0 aromatic heterocycles. The molecule has 0 aliphatic heterocycles. The molecule has 0 atom stereocenters. The fourth-order valence-electron chi connectivity index (χ4n) is 3.05. The maximum atomic E-state index is 11.8. The molecule has 1 aromatic rings. The topological polar surface area (TPSA) is 65.5 Å². The van der Waals surface area contributed by atoms with Crippen LogP contribution >= 0.6 is 24.0 Å². The lowest BCUT2D eigenvalue weighted by molar-refractivity contribution is 0.0956. The number of guanidine groups is 1. The highest BCUT2D eigenvalue weighted by molar-refractivity contribution is 14.0. The summed E-state index contributed by atoms with van der Waals surface area (Å²) in [4.78, 5) is 16.1. The Kier molecular flexibility index (Phi) is 9.24. The van der Waals surface area contributed by atoms with Gasteiger partial charge in [0.2, 0.25) is 0 Å². The van der Waals surface area contributed by atoms with Gasteiger partial charge in [0.25, 0.3) is 5.91 Å². The van der Waals surface area contributed by atoms with Crippen molar-refractivity contribution in [1.82, 2.24) is 16.0 Å². The standard InChI is InChI=1S/C19H30N4O.HI/c1-4-19(11-6-12-19)14-23-18(20-3)22-13-15-7-9-16(10-8-15)17(24)21-5-2;/h7-10H,4-6,11-14H2,1-3H3,(H,21,24)(H2,20,22,23);1H. The van der Waals surface area contributed by atoms with E-state index in [1.807, 2.05) is 31.2 Å². The third-order valence-electron chi connectivity index (χ3n) is 5.03. The van der Waals surface area contributed by atoms with Crippen LogP contribution in [-0.4, -0.2) is 32.0 Å². The Balaban J connectivity index is 0.00000312. The van der Waals surface area contributed by atoms with Crippen LogP contribution in [0.2, 0.25) is 0 Å². The minimum atomic E-state index is -0.0279. The zero-order chi connectivity index (χ0) is 17.4. The van der Waals surface area contributed by atoms with Crippen molar-refractivity contribution in [2.75, 3.05) is 20.1 Å². The molecule has 0 spiro atoms. The Hall–Kier alpha value is -1.31. The van der Waals surface area contributed by atoms with Gasteiger partial charge in [-0.15, -0.1) is 24.0 Å². The number of rotatable bonds is 7. The summed E-state index contributed by atoms with van der Waals surface area (Å²) < 4.78 is 0. The van der Waals surface area contributed by atoms with Crippen LogP contribution in [0.4, 0.5) is 0 Å². The summed E-state index contributed by atoms with van der Waals surface area (Å²) in [5, 5.41) is 9.60. The van der Waals surface area contributed by atoms with Crippen molar-refractivity contribution in [3.63, 3.8) is 0 Å². The van der Waals surface area contributed by atoms with Crippen LogP contribution in [0.5, 0.6) is 0 Å². The van der Waals surface area contributed by atoms with Crippen molar-refractivity contribution >= 4 is 35.8 Å². The molecule has 0 unspecified atom stereocenters. The Morgan fingerprint density at radius 2 is 1.80 bits per heavy atom. The summed E-state index contributed by atoms with van der Waals surface area (Å²) in [6.07, 6.45) is 5.20. The number of benzene rings is 1. The minimum Gasteiger partial charge on any atom is -0.356 e.